The van der Waals surface area contributed by atoms with Crippen molar-refractivity contribution < 1.29 is 22.7 Å². The summed E-state index contributed by atoms with van der Waals surface area (Å²) in [5.74, 6) is 0.929. The van der Waals surface area contributed by atoms with Crippen molar-refractivity contribution in [2.45, 2.75) is 75.7 Å². The van der Waals surface area contributed by atoms with Crippen LogP contribution < -0.4 is 14.8 Å². The van der Waals surface area contributed by atoms with E-state index < -0.39 is 16.1 Å². The van der Waals surface area contributed by atoms with Crippen molar-refractivity contribution in [3.8, 4) is 5.75 Å². The van der Waals surface area contributed by atoms with Gasteiger partial charge < -0.3 is 14.8 Å². The minimum absolute atomic E-state index is 0.00384. The van der Waals surface area contributed by atoms with Crippen LogP contribution in [0, 0.1) is 12.8 Å². The van der Waals surface area contributed by atoms with Gasteiger partial charge in [0.05, 0.1) is 10.5 Å². The number of urea groups is 1. The van der Waals surface area contributed by atoms with Crippen LogP contribution >= 0.6 is 11.6 Å². The molecule has 2 amide bonds. The fraction of sp³-hybridized carbons (Fsp3) is 0.480. The number of carbonyl (C=O) groups is 1. The van der Waals surface area contributed by atoms with Crippen molar-refractivity contribution in [1.82, 2.24) is 10.0 Å². The van der Waals surface area contributed by atoms with Crippen LogP contribution in [0.3, 0.4) is 0 Å². The van der Waals surface area contributed by atoms with Crippen LogP contribution in [0.4, 0.5) is 4.79 Å². The Bertz CT molecular complexity index is 1180. The van der Waals surface area contributed by atoms with Crippen LogP contribution in [0.25, 0.3) is 0 Å². The van der Waals surface area contributed by atoms with Gasteiger partial charge in [0.15, 0.2) is 0 Å². The molecule has 0 radical (unpaired) electrons. The first-order valence-corrected chi connectivity index (χ1v) is 13.3. The lowest BCUT2D eigenvalue weighted by Gasteiger charge is -2.32. The van der Waals surface area contributed by atoms with Crippen LogP contribution in [0.2, 0.25) is 5.02 Å². The Labute approximate surface area is 206 Å². The molecule has 2 aliphatic heterocycles. The van der Waals surface area contributed by atoms with E-state index in [1.807, 2.05) is 11.6 Å². The highest BCUT2D eigenvalue weighted by Crippen LogP contribution is 2.55. The van der Waals surface area contributed by atoms with E-state index in [9.17, 15) is 13.2 Å². The van der Waals surface area contributed by atoms with Gasteiger partial charge in [-0.3, -0.25) is 0 Å². The van der Waals surface area contributed by atoms with E-state index in [-0.39, 0.29) is 28.7 Å². The second kappa shape index (κ2) is 9.06. The third kappa shape index (κ3) is 4.76. The summed E-state index contributed by atoms with van der Waals surface area (Å²) in [5, 5.41) is 3.01. The predicted molar refractivity (Wildman–Crippen MR) is 131 cm³/mol. The maximum atomic E-state index is 12.5. The van der Waals surface area contributed by atoms with Crippen LogP contribution in [0.15, 0.2) is 47.4 Å². The fourth-order valence-electron chi connectivity index (χ4n) is 4.81. The number of ether oxygens (including phenoxy) is 2. The molecule has 0 aromatic heterocycles. The Hall–Kier alpha value is -2.29. The van der Waals surface area contributed by atoms with Crippen molar-refractivity contribution in [2.75, 3.05) is 0 Å². The summed E-state index contributed by atoms with van der Waals surface area (Å²) < 4.78 is 39.9. The van der Waals surface area contributed by atoms with E-state index in [0.29, 0.717) is 22.3 Å². The van der Waals surface area contributed by atoms with Crippen molar-refractivity contribution in [2.24, 2.45) is 5.92 Å². The number of benzene rings is 2. The topological polar surface area (TPSA) is 93.7 Å². The molecule has 3 atom stereocenters. The summed E-state index contributed by atoms with van der Waals surface area (Å²) in [6.45, 7) is 8.29. The first-order chi connectivity index (χ1) is 15.9. The van der Waals surface area contributed by atoms with Gasteiger partial charge in [-0.05, 0) is 56.9 Å². The van der Waals surface area contributed by atoms with Crippen molar-refractivity contribution >= 4 is 27.7 Å². The molecule has 0 aliphatic carbocycles. The van der Waals surface area contributed by atoms with Crippen molar-refractivity contribution in [3.63, 3.8) is 0 Å². The number of carbonyl (C=O) groups excluding carboxylic acids is 1. The second-order valence-electron chi connectivity index (χ2n) is 9.76. The molecule has 0 unspecified atom stereocenters. The predicted octanol–water partition coefficient (Wildman–Crippen LogP) is 4.95. The molecular formula is C25H31ClN2O5S. The third-order valence-corrected chi connectivity index (χ3v) is 8.78. The number of halogens is 1. The van der Waals surface area contributed by atoms with E-state index in [1.165, 1.54) is 12.1 Å². The molecule has 4 rings (SSSR count). The average molecular weight is 507 g/mol. The molecule has 2 N–H and O–H groups in total. The lowest BCUT2D eigenvalue weighted by molar-refractivity contribution is -0.0770. The third-order valence-electron chi connectivity index (χ3n) is 7.07. The molecule has 2 heterocycles. The van der Waals surface area contributed by atoms with E-state index in [1.54, 1.807) is 30.3 Å². The van der Waals surface area contributed by atoms with Gasteiger partial charge in [-0.15, -0.1) is 0 Å². The Kier molecular flexibility index (Phi) is 6.61. The summed E-state index contributed by atoms with van der Waals surface area (Å²) >= 11 is 6.43. The summed E-state index contributed by atoms with van der Waals surface area (Å²) in [6.07, 6.45) is 2.58. The number of nitrogens with one attached hydrogen (secondary N) is 2. The van der Waals surface area contributed by atoms with Crippen LogP contribution in [0.5, 0.6) is 5.75 Å². The molecule has 9 heteroatoms. The molecule has 2 fully saturated rings. The molecule has 2 aromatic rings. The first kappa shape index (κ1) is 24.8. The molecule has 184 valence electrons. The summed E-state index contributed by atoms with van der Waals surface area (Å²) in [7, 11) is -3.99. The number of hydrogen-bond donors (Lipinski definition) is 2. The van der Waals surface area contributed by atoms with Gasteiger partial charge in [0.2, 0.25) is 0 Å². The molecule has 7 nitrogen and oxygen atoms in total. The van der Waals surface area contributed by atoms with E-state index in [2.05, 4.69) is 26.1 Å². The Balaban J connectivity index is 1.45. The van der Waals surface area contributed by atoms with Crippen LogP contribution in [-0.4, -0.2) is 31.8 Å². The average Bonchev–Trinajstić information content (AvgIpc) is 3.25. The summed E-state index contributed by atoms with van der Waals surface area (Å²) in [5.41, 5.74) is 0.943. The minimum atomic E-state index is -3.99. The van der Waals surface area contributed by atoms with Gasteiger partial charge in [0.1, 0.15) is 17.5 Å². The minimum Gasteiger partial charge on any atom is -0.487 e. The largest absolute Gasteiger partial charge is 0.487 e. The molecule has 2 aliphatic rings. The second-order valence-corrected chi connectivity index (χ2v) is 11.9. The molecular weight excluding hydrogens is 476 g/mol. The zero-order valence-corrected chi connectivity index (χ0v) is 21.4. The van der Waals surface area contributed by atoms with Gasteiger partial charge in [-0.2, -0.15) is 0 Å². The van der Waals surface area contributed by atoms with E-state index >= 15 is 0 Å². The van der Waals surface area contributed by atoms with Crippen LogP contribution in [0.1, 0.15) is 51.2 Å². The van der Waals surface area contributed by atoms with Crippen LogP contribution in [-0.2, 0) is 21.3 Å². The highest BCUT2D eigenvalue weighted by atomic mass is 35.5. The zero-order chi connectivity index (χ0) is 24.7. The highest BCUT2D eigenvalue weighted by molar-refractivity contribution is 7.90. The van der Waals surface area contributed by atoms with Gasteiger partial charge >= 0.3 is 6.03 Å². The fourth-order valence-corrected chi connectivity index (χ4v) is 5.97. The van der Waals surface area contributed by atoms with Crippen molar-refractivity contribution in [3.05, 3.63) is 58.6 Å². The summed E-state index contributed by atoms with van der Waals surface area (Å²) in [4.78, 5) is 12.4. The van der Waals surface area contributed by atoms with E-state index in [4.69, 9.17) is 21.1 Å². The molecule has 34 heavy (non-hydrogen) atoms. The Morgan fingerprint density at radius 1 is 1.21 bits per heavy atom. The monoisotopic (exact) mass is 506 g/mol. The number of amides is 2. The first-order valence-electron chi connectivity index (χ1n) is 11.5. The molecule has 2 saturated heterocycles. The van der Waals surface area contributed by atoms with Crippen molar-refractivity contribution in [1.29, 1.82) is 0 Å². The van der Waals surface area contributed by atoms with Gasteiger partial charge in [0.25, 0.3) is 10.0 Å². The molecule has 2 bridgehead atoms. The van der Waals surface area contributed by atoms with E-state index in [0.717, 1.165) is 24.8 Å². The smallest absolute Gasteiger partial charge is 0.328 e. The molecule has 0 spiro atoms. The van der Waals surface area contributed by atoms with Gasteiger partial charge in [0, 0.05) is 23.6 Å². The highest BCUT2D eigenvalue weighted by Gasteiger charge is 2.61. The maximum Gasteiger partial charge on any atom is 0.328 e. The van der Waals surface area contributed by atoms with Gasteiger partial charge in [-0.1, -0.05) is 49.2 Å². The molecule has 0 saturated carbocycles. The zero-order valence-electron chi connectivity index (χ0n) is 19.9. The summed E-state index contributed by atoms with van der Waals surface area (Å²) in [6, 6.07) is 10.7. The number of fused-ring (bicyclic) bond motifs is 2. The molecule has 2 aromatic carbocycles. The number of hydrogen-bond acceptors (Lipinski definition) is 5. The maximum absolute atomic E-state index is 12.5. The Morgan fingerprint density at radius 3 is 2.56 bits per heavy atom. The number of aryl methyl sites for hydroxylation is 1. The normalized spacial score (nSPS) is 26.0. The quantitative estimate of drug-likeness (QED) is 0.554. The standard InChI is InChI=1S/C25H31ClN2O5S/c1-16(2)25-13-12-24(4,33-25)22(14-25)32-21-7-5-6-20(26)19(21)15-27-23(29)28-34(30,31)18-10-8-17(3)9-11-18/h5-11,16,22H,12-15H2,1-4H3,(H2,27,28,29)/t22-,24+,25-/m1/s1. The lowest BCUT2D eigenvalue weighted by atomic mass is 9.75. The number of sulfonamides is 1. The Morgan fingerprint density at radius 2 is 1.91 bits per heavy atom. The van der Waals surface area contributed by atoms with Gasteiger partial charge in [-0.25, -0.2) is 17.9 Å². The number of rotatable bonds is 7. The SMILES string of the molecule is Cc1ccc(S(=O)(=O)NC(=O)NCc2c(Cl)cccc2O[C@@H]2C[C@@]3(C(C)C)CC[C@]2(C)O3)cc1. The lowest BCUT2D eigenvalue weighted by Crippen LogP contribution is -2.41.